The third kappa shape index (κ3) is 2.20. The molecule has 3 aliphatic heterocycles. The fourth-order valence-corrected chi connectivity index (χ4v) is 4.17. The molecule has 2 bridgehead atoms. The van der Waals surface area contributed by atoms with E-state index in [1.165, 1.54) is 4.90 Å². The normalized spacial score (nSPS) is 33.2. The molecule has 4 atom stereocenters. The number of benzene rings is 1. The number of anilines is 1. The van der Waals surface area contributed by atoms with Crippen LogP contribution < -0.4 is 4.90 Å². The summed E-state index contributed by atoms with van der Waals surface area (Å²) in [7, 11) is 0. The summed E-state index contributed by atoms with van der Waals surface area (Å²) in [6.45, 7) is 0.0123. The van der Waals surface area contributed by atoms with Gasteiger partial charge >= 0.3 is 12.1 Å². The Morgan fingerprint density at radius 1 is 1.40 bits per heavy atom. The summed E-state index contributed by atoms with van der Waals surface area (Å²) in [5, 5.41) is 9.17. The fraction of sp³-hybridized carbons (Fsp3) is 0.375. The molecular formula is C16H11ClF3NO4. The number of amides is 1. The molecule has 9 heteroatoms. The first-order valence-electron chi connectivity index (χ1n) is 7.42. The van der Waals surface area contributed by atoms with E-state index in [0.717, 1.165) is 18.2 Å². The Labute approximate surface area is 144 Å². The molecule has 0 saturated carbocycles. The van der Waals surface area contributed by atoms with Gasteiger partial charge in [-0.05, 0) is 18.2 Å². The molecule has 1 spiro atoms. The smallest absolute Gasteiger partial charge is 0.416 e. The number of aliphatic carboxylic acids is 1. The first kappa shape index (κ1) is 16.4. The number of nitrogens with zero attached hydrogens (tertiary/aromatic N) is 1. The summed E-state index contributed by atoms with van der Waals surface area (Å²) in [4.78, 5) is 25.5. The minimum absolute atomic E-state index is 0.0123. The number of carboxylic acids is 1. The van der Waals surface area contributed by atoms with Gasteiger partial charge in [-0.1, -0.05) is 23.8 Å². The summed E-state index contributed by atoms with van der Waals surface area (Å²) in [5.41, 5.74) is -1.89. The Balaban J connectivity index is 1.72. The molecule has 1 N–H and O–H groups in total. The van der Waals surface area contributed by atoms with Gasteiger partial charge in [0.1, 0.15) is 11.5 Å². The highest BCUT2D eigenvalue weighted by molar-refractivity contribution is 6.34. The topological polar surface area (TPSA) is 66.8 Å². The molecule has 5 nitrogen and oxygen atoms in total. The van der Waals surface area contributed by atoms with E-state index in [-0.39, 0.29) is 17.3 Å². The zero-order valence-electron chi connectivity index (χ0n) is 12.5. The number of halogens is 4. The van der Waals surface area contributed by atoms with Gasteiger partial charge in [-0.2, -0.15) is 13.2 Å². The molecule has 2 fully saturated rings. The number of ether oxygens (including phenoxy) is 1. The quantitative estimate of drug-likeness (QED) is 0.809. The SMILES string of the molecule is O=C(O)[C@H]1[C@@H]2C=C[C@]3(CN(c4ccc(C(F)(F)F)cc4Cl)C(=O)[C@@H]13)O2. The van der Waals surface area contributed by atoms with Crippen molar-refractivity contribution in [2.75, 3.05) is 11.4 Å². The van der Waals surface area contributed by atoms with Crippen molar-refractivity contribution in [1.82, 2.24) is 0 Å². The highest BCUT2D eigenvalue weighted by Gasteiger charge is 2.67. The van der Waals surface area contributed by atoms with Crippen LogP contribution in [-0.4, -0.2) is 35.2 Å². The van der Waals surface area contributed by atoms with Crippen LogP contribution in [0.4, 0.5) is 18.9 Å². The van der Waals surface area contributed by atoms with Gasteiger partial charge in [0.25, 0.3) is 0 Å². The average Bonchev–Trinajstić information content (AvgIpc) is 3.14. The Kier molecular flexibility index (Phi) is 3.27. The molecule has 0 radical (unpaired) electrons. The predicted molar refractivity (Wildman–Crippen MR) is 80.2 cm³/mol. The Morgan fingerprint density at radius 3 is 2.72 bits per heavy atom. The van der Waals surface area contributed by atoms with E-state index in [1.54, 1.807) is 12.2 Å². The maximum absolute atomic E-state index is 12.8. The second kappa shape index (κ2) is 4.98. The van der Waals surface area contributed by atoms with Gasteiger partial charge in [-0.3, -0.25) is 9.59 Å². The number of carboxylic acid groups (broad SMARTS) is 1. The van der Waals surface area contributed by atoms with Crippen LogP contribution in [0.1, 0.15) is 5.56 Å². The van der Waals surface area contributed by atoms with Gasteiger partial charge in [0, 0.05) is 0 Å². The van der Waals surface area contributed by atoms with E-state index in [4.69, 9.17) is 16.3 Å². The van der Waals surface area contributed by atoms with Crippen molar-refractivity contribution in [3.8, 4) is 0 Å². The van der Waals surface area contributed by atoms with E-state index in [1.807, 2.05) is 0 Å². The molecule has 4 rings (SSSR count). The van der Waals surface area contributed by atoms with Crippen LogP contribution in [0.5, 0.6) is 0 Å². The van der Waals surface area contributed by atoms with Crippen LogP contribution in [0.2, 0.25) is 5.02 Å². The lowest BCUT2D eigenvalue weighted by atomic mass is 9.77. The lowest BCUT2D eigenvalue weighted by Crippen LogP contribution is -2.39. The molecule has 3 aliphatic rings. The van der Waals surface area contributed by atoms with Crippen LogP contribution in [0, 0.1) is 11.8 Å². The van der Waals surface area contributed by atoms with Gasteiger partial charge in [0.05, 0.1) is 34.8 Å². The third-order valence-corrected chi connectivity index (χ3v) is 5.25. The van der Waals surface area contributed by atoms with Crippen LogP contribution in [-0.2, 0) is 20.5 Å². The van der Waals surface area contributed by atoms with Gasteiger partial charge in [-0.25, -0.2) is 0 Å². The number of hydrogen-bond donors (Lipinski definition) is 1. The van der Waals surface area contributed by atoms with Crippen molar-refractivity contribution < 1.29 is 32.6 Å². The van der Waals surface area contributed by atoms with Crippen molar-refractivity contribution in [1.29, 1.82) is 0 Å². The number of alkyl halides is 3. The zero-order valence-corrected chi connectivity index (χ0v) is 13.2. The molecule has 1 amide bonds. The van der Waals surface area contributed by atoms with E-state index in [0.29, 0.717) is 0 Å². The number of carbonyl (C=O) groups excluding carboxylic acids is 1. The van der Waals surface area contributed by atoms with Crippen LogP contribution in [0.15, 0.2) is 30.4 Å². The molecule has 0 unspecified atom stereocenters. The molecule has 0 aromatic heterocycles. The van der Waals surface area contributed by atoms with E-state index in [9.17, 15) is 27.9 Å². The molecule has 1 aromatic carbocycles. The zero-order chi connectivity index (χ0) is 18.1. The molecule has 132 valence electrons. The monoisotopic (exact) mass is 373 g/mol. The standard InChI is InChI=1S/C16H11ClF3NO4/c17-8-5-7(16(18,19)20)1-2-9(8)21-6-15-4-3-10(25-15)11(14(23)24)12(15)13(21)22/h1-5,10-12H,6H2,(H,23,24)/t10-,11-,12+,15+/m0/s1. The number of carbonyl (C=O) groups is 2. The highest BCUT2D eigenvalue weighted by atomic mass is 35.5. The van der Waals surface area contributed by atoms with Gasteiger partial charge in [-0.15, -0.1) is 0 Å². The number of fused-ring (bicyclic) bond motifs is 1. The minimum atomic E-state index is -4.55. The summed E-state index contributed by atoms with van der Waals surface area (Å²) >= 11 is 5.97. The maximum Gasteiger partial charge on any atom is 0.416 e. The lowest BCUT2D eigenvalue weighted by molar-refractivity contribution is -0.146. The molecule has 0 aliphatic carbocycles. The number of hydrogen-bond acceptors (Lipinski definition) is 3. The van der Waals surface area contributed by atoms with E-state index < -0.39 is 47.2 Å². The van der Waals surface area contributed by atoms with Crippen molar-refractivity contribution in [2.24, 2.45) is 11.8 Å². The Hall–Kier alpha value is -2.06. The molecular weight excluding hydrogens is 363 g/mol. The first-order chi connectivity index (χ1) is 11.6. The van der Waals surface area contributed by atoms with E-state index in [2.05, 4.69) is 0 Å². The van der Waals surface area contributed by atoms with E-state index >= 15 is 0 Å². The summed E-state index contributed by atoms with van der Waals surface area (Å²) in [6.07, 6.45) is -1.94. The second-order valence-corrected chi connectivity index (χ2v) is 6.73. The van der Waals surface area contributed by atoms with Gasteiger partial charge < -0.3 is 14.7 Å². The summed E-state index contributed by atoms with van der Waals surface area (Å²) in [5.74, 6) is -3.59. The minimum Gasteiger partial charge on any atom is -0.481 e. The van der Waals surface area contributed by atoms with Crippen molar-refractivity contribution >= 4 is 29.2 Å². The van der Waals surface area contributed by atoms with Crippen molar-refractivity contribution in [2.45, 2.75) is 17.9 Å². The average molecular weight is 374 g/mol. The highest BCUT2D eigenvalue weighted by Crippen LogP contribution is 2.53. The molecule has 3 heterocycles. The lowest BCUT2D eigenvalue weighted by Gasteiger charge is -2.22. The van der Waals surface area contributed by atoms with Gasteiger partial charge in [0.15, 0.2) is 0 Å². The summed E-state index contributed by atoms with van der Waals surface area (Å²) < 4.78 is 44.0. The predicted octanol–water partition coefficient (Wildman–Crippen LogP) is 2.73. The molecule has 25 heavy (non-hydrogen) atoms. The largest absolute Gasteiger partial charge is 0.481 e. The molecule has 1 aromatic rings. The maximum atomic E-state index is 12.8. The molecule has 2 saturated heterocycles. The Bertz CT molecular complexity index is 824. The van der Waals surface area contributed by atoms with Gasteiger partial charge in [0.2, 0.25) is 5.91 Å². The summed E-state index contributed by atoms with van der Waals surface area (Å²) in [6, 6.07) is 2.70. The van der Waals surface area contributed by atoms with Crippen LogP contribution in [0.3, 0.4) is 0 Å². The van der Waals surface area contributed by atoms with Crippen LogP contribution in [0.25, 0.3) is 0 Å². The van der Waals surface area contributed by atoms with Crippen LogP contribution >= 0.6 is 11.6 Å². The third-order valence-electron chi connectivity index (χ3n) is 4.95. The first-order valence-corrected chi connectivity index (χ1v) is 7.80. The Morgan fingerprint density at radius 2 is 2.12 bits per heavy atom. The fourth-order valence-electron chi connectivity index (χ4n) is 3.89. The van der Waals surface area contributed by atoms with Crippen molar-refractivity contribution in [3.63, 3.8) is 0 Å². The van der Waals surface area contributed by atoms with Crippen molar-refractivity contribution in [3.05, 3.63) is 40.9 Å². The number of rotatable bonds is 2. The second-order valence-electron chi connectivity index (χ2n) is 6.33.